The van der Waals surface area contributed by atoms with Gasteiger partial charge in [-0.25, -0.2) is 0 Å². The van der Waals surface area contributed by atoms with Crippen molar-refractivity contribution in [2.45, 2.75) is 0 Å². The van der Waals surface area contributed by atoms with Crippen molar-refractivity contribution in [2.24, 2.45) is 0 Å². The van der Waals surface area contributed by atoms with Gasteiger partial charge in [0.15, 0.2) is 0 Å². The van der Waals surface area contributed by atoms with Gasteiger partial charge in [0, 0.05) is 34.1 Å². The average Bonchev–Trinajstić information content (AvgIpc) is 3.27. The molecule has 0 heterocycles. The fraction of sp³-hybridized carbons (Fsp3) is 0.0385. The number of fused-ring (bicyclic) bond motifs is 2. The highest BCUT2D eigenvalue weighted by Crippen LogP contribution is 2.47. The second kappa shape index (κ2) is 15.2. The lowest BCUT2D eigenvalue weighted by Gasteiger charge is -2.29. The lowest BCUT2D eigenvalue weighted by atomic mass is 9.85. The monoisotopic (exact) mass is 724 g/mol. The number of hydrogen-bond acceptors (Lipinski definition) is 4. The van der Waals surface area contributed by atoms with Gasteiger partial charge in [-0.15, -0.1) is 0 Å². The molecule has 0 aliphatic heterocycles. The molecule has 0 fully saturated rings. The van der Waals surface area contributed by atoms with Crippen LogP contribution in [0.1, 0.15) is 0 Å². The molecule has 9 aromatic carbocycles. The summed E-state index contributed by atoms with van der Waals surface area (Å²) in [6.07, 6.45) is 0. The average molecular weight is 725 g/mol. The summed E-state index contributed by atoms with van der Waals surface area (Å²) in [5.41, 5.74) is 11.1. The minimum absolute atomic E-state index is 0.828. The van der Waals surface area contributed by atoms with E-state index in [4.69, 9.17) is 9.47 Å². The van der Waals surface area contributed by atoms with Crippen LogP contribution < -0.4 is 19.3 Å². The van der Waals surface area contributed by atoms with Crippen LogP contribution in [0, 0.1) is 0 Å². The van der Waals surface area contributed by atoms with Gasteiger partial charge in [0.05, 0.1) is 14.2 Å². The summed E-state index contributed by atoms with van der Waals surface area (Å²) in [5.74, 6) is 1.66. The van der Waals surface area contributed by atoms with E-state index in [0.29, 0.717) is 0 Å². The molecule has 4 heteroatoms. The zero-order chi connectivity index (χ0) is 37.8. The Kier molecular flexibility index (Phi) is 9.36. The standard InChI is InChI=1S/C52H40N2O2/c1-55-45-31-22-37(23-32-45)51-47-20-12-13-21-48(47)52(38-24-33-46(56-2)34-25-38)50-36-44(30-35-49(50)51)54(41-18-10-5-11-19-41)43-28-26-42(27-29-43)53(39-14-6-3-7-15-39)40-16-8-4-9-17-40/h3-36H,1-2H3. The van der Waals surface area contributed by atoms with Crippen LogP contribution in [0.4, 0.5) is 34.1 Å². The van der Waals surface area contributed by atoms with Gasteiger partial charge < -0.3 is 19.3 Å². The quantitative estimate of drug-likeness (QED) is 0.131. The first-order valence-electron chi connectivity index (χ1n) is 18.8. The Morgan fingerprint density at radius 1 is 0.286 bits per heavy atom. The maximum absolute atomic E-state index is 5.58. The Morgan fingerprint density at radius 3 is 1.02 bits per heavy atom. The smallest absolute Gasteiger partial charge is 0.118 e. The zero-order valence-electron chi connectivity index (χ0n) is 31.3. The molecule has 0 spiro atoms. The second-order valence-corrected chi connectivity index (χ2v) is 13.7. The number of hydrogen-bond donors (Lipinski definition) is 0. The Labute approximate surface area is 328 Å². The van der Waals surface area contributed by atoms with Gasteiger partial charge in [-0.3, -0.25) is 0 Å². The molecule has 9 aromatic rings. The third-order valence-electron chi connectivity index (χ3n) is 10.4. The van der Waals surface area contributed by atoms with Crippen molar-refractivity contribution < 1.29 is 9.47 Å². The van der Waals surface area contributed by atoms with E-state index in [-0.39, 0.29) is 0 Å². The molecule has 0 saturated carbocycles. The van der Waals surface area contributed by atoms with Crippen LogP contribution in [0.5, 0.6) is 11.5 Å². The topological polar surface area (TPSA) is 24.9 Å². The van der Waals surface area contributed by atoms with Crippen molar-refractivity contribution in [3.05, 3.63) is 206 Å². The van der Waals surface area contributed by atoms with Crippen molar-refractivity contribution >= 4 is 55.7 Å². The van der Waals surface area contributed by atoms with Crippen molar-refractivity contribution in [3.63, 3.8) is 0 Å². The van der Waals surface area contributed by atoms with Crippen LogP contribution >= 0.6 is 0 Å². The molecule has 0 unspecified atom stereocenters. The van der Waals surface area contributed by atoms with E-state index in [9.17, 15) is 0 Å². The van der Waals surface area contributed by atoms with Gasteiger partial charge in [-0.2, -0.15) is 0 Å². The van der Waals surface area contributed by atoms with E-state index in [0.717, 1.165) is 62.1 Å². The van der Waals surface area contributed by atoms with Crippen LogP contribution in [0.3, 0.4) is 0 Å². The molecule has 0 amide bonds. The Bertz CT molecular complexity index is 2690. The molecule has 0 aliphatic carbocycles. The molecule has 0 N–H and O–H groups in total. The van der Waals surface area contributed by atoms with E-state index < -0.39 is 0 Å². The third kappa shape index (κ3) is 6.48. The number of benzene rings is 9. The highest BCUT2D eigenvalue weighted by molar-refractivity contribution is 6.22. The number of ether oxygens (including phenoxy) is 2. The summed E-state index contributed by atoms with van der Waals surface area (Å²) in [4.78, 5) is 4.64. The van der Waals surface area contributed by atoms with Gasteiger partial charge in [-0.1, -0.05) is 109 Å². The molecule has 56 heavy (non-hydrogen) atoms. The molecule has 9 rings (SSSR count). The van der Waals surface area contributed by atoms with Gasteiger partial charge in [0.1, 0.15) is 11.5 Å². The molecule has 270 valence electrons. The second-order valence-electron chi connectivity index (χ2n) is 13.7. The molecular formula is C52H40N2O2. The molecule has 0 radical (unpaired) electrons. The first kappa shape index (κ1) is 34.5. The summed E-state index contributed by atoms with van der Waals surface area (Å²) in [5, 5.41) is 4.72. The SMILES string of the molecule is COc1ccc(-c2c3ccccc3c(-c3ccc(OC)cc3)c3cc(N(c4ccccc4)c4ccc(N(c5ccccc5)c5ccccc5)cc4)ccc23)cc1. The van der Waals surface area contributed by atoms with Crippen molar-refractivity contribution in [2.75, 3.05) is 24.0 Å². The lowest BCUT2D eigenvalue weighted by Crippen LogP contribution is -2.12. The number of anilines is 6. The van der Waals surface area contributed by atoms with Crippen LogP contribution in [-0.2, 0) is 0 Å². The first-order valence-corrected chi connectivity index (χ1v) is 18.8. The van der Waals surface area contributed by atoms with Crippen molar-refractivity contribution in [1.82, 2.24) is 0 Å². The summed E-state index contributed by atoms with van der Waals surface area (Å²) in [7, 11) is 3.42. The Morgan fingerprint density at radius 2 is 0.607 bits per heavy atom. The van der Waals surface area contributed by atoms with Crippen LogP contribution in [0.2, 0.25) is 0 Å². The molecule has 0 aromatic heterocycles. The molecule has 0 saturated heterocycles. The van der Waals surface area contributed by atoms with Gasteiger partial charge in [0.2, 0.25) is 0 Å². The number of rotatable bonds is 10. The fourth-order valence-electron chi connectivity index (χ4n) is 7.82. The summed E-state index contributed by atoms with van der Waals surface area (Å²) >= 11 is 0. The van der Waals surface area contributed by atoms with E-state index in [1.807, 2.05) is 24.3 Å². The third-order valence-corrected chi connectivity index (χ3v) is 10.4. The maximum atomic E-state index is 5.58. The van der Waals surface area contributed by atoms with Crippen LogP contribution in [-0.4, -0.2) is 14.2 Å². The Hall–Kier alpha value is -7.30. The van der Waals surface area contributed by atoms with Crippen LogP contribution in [0.15, 0.2) is 206 Å². The fourth-order valence-corrected chi connectivity index (χ4v) is 7.82. The normalized spacial score (nSPS) is 11.0. The zero-order valence-corrected chi connectivity index (χ0v) is 31.3. The summed E-state index contributed by atoms with van der Waals surface area (Å²) in [6.45, 7) is 0. The minimum Gasteiger partial charge on any atom is -0.497 e. The number of nitrogens with zero attached hydrogens (tertiary/aromatic N) is 2. The largest absolute Gasteiger partial charge is 0.497 e. The Balaban J connectivity index is 1.26. The molecule has 0 bridgehead atoms. The molecule has 4 nitrogen and oxygen atoms in total. The molecule has 0 aliphatic rings. The van der Waals surface area contributed by atoms with Gasteiger partial charge in [0.25, 0.3) is 0 Å². The summed E-state index contributed by atoms with van der Waals surface area (Å²) in [6, 6.07) is 73.0. The van der Waals surface area contributed by atoms with Crippen molar-refractivity contribution in [3.8, 4) is 33.8 Å². The van der Waals surface area contributed by atoms with E-state index >= 15 is 0 Å². The lowest BCUT2D eigenvalue weighted by molar-refractivity contribution is 0.415. The highest BCUT2D eigenvalue weighted by atomic mass is 16.5. The van der Waals surface area contributed by atoms with E-state index in [1.165, 1.54) is 27.3 Å². The predicted molar refractivity (Wildman–Crippen MR) is 235 cm³/mol. The predicted octanol–water partition coefficient (Wildman–Crippen LogP) is 14.3. The minimum atomic E-state index is 0.828. The number of para-hydroxylation sites is 3. The van der Waals surface area contributed by atoms with Gasteiger partial charge >= 0.3 is 0 Å². The maximum Gasteiger partial charge on any atom is 0.118 e. The van der Waals surface area contributed by atoms with Crippen LogP contribution in [0.25, 0.3) is 43.8 Å². The highest BCUT2D eigenvalue weighted by Gasteiger charge is 2.21. The van der Waals surface area contributed by atoms with Gasteiger partial charge in [-0.05, 0) is 141 Å². The van der Waals surface area contributed by atoms with E-state index in [1.54, 1.807) is 14.2 Å². The molecular weight excluding hydrogens is 685 g/mol. The summed E-state index contributed by atoms with van der Waals surface area (Å²) < 4.78 is 11.1. The van der Waals surface area contributed by atoms with Crippen molar-refractivity contribution in [1.29, 1.82) is 0 Å². The number of methoxy groups -OCH3 is 2. The molecule has 0 atom stereocenters. The van der Waals surface area contributed by atoms with E-state index in [2.05, 4.69) is 192 Å². The first-order chi connectivity index (χ1) is 27.7.